The molecule has 0 unspecified atom stereocenters. The Morgan fingerprint density at radius 1 is 1.19 bits per heavy atom. The van der Waals surface area contributed by atoms with Crippen molar-refractivity contribution < 1.29 is 4.79 Å². The molecular weight excluding hydrogens is 344 g/mol. The molecule has 1 aliphatic heterocycles. The number of nitrogens with zero attached hydrogens (tertiary/aromatic N) is 2. The van der Waals surface area contributed by atoms with Gasteiger partial charge in [0.1, 0.15) is 5.69 Å². The maximum Gasteiger partial charge on any atom is 0.270 e. The minimum absolute atomic E-state index is 0.0810. The Bertz CT molecular complexity index is 937. The molecule has 3 aromatic rings. The molecule has 2 aromatic heterocycles. The second-order valence-electron chi connectivity index (χ2n) is 6.76. The highest BCUT2D eigenvalue weighted by Gasteiger charge is 2.21. The van der Waals surface area contributed by atoms with Crippen LogP contribution in [-0.4, -0.2) is 33.9 Å². The molecule has 0 saturated carbocycles. The second kappa shape index (κ2) is 6.96. The van der Waals surface area contributed by atoms with Gasteiger partial charge in [-0.2, -0.15) is 0 Å². The number of amides is 1. The van der Waals surface area contributed by atoms with Crippen LogP contribution in [0.2, 0.25) is 0 Å². The van der Waals surface area contributed by atoms with Crippen LogP contribution in [0, 0.1) is 13.8 Å². The number of aromatic nitrogens is 2. The maximum absolute atomic E-state index is 12.5. The smallest absolute Gasteiger partial charge is 0.270 e. The Morgan fingerprint density at radius 3 is 2.77 bits per heavy atom. The molecule has 6 heteroatoms. The summed E-state index contributed by atoms with van der Waals surface area (Å²) in [6.45, 7) is 5.92. The van der Waals surface area contributed by atoms with Crippen LogP contribution in [0.25, 0.3) is 11.3 Å². The highest BCUT2D eigenvalue weighted by molar-refractivity contribution is 7.14. The average molecular weight is 366 g/mol. The van der Waals surface area contributed by atoms with Crippen molar-refractivity contribution in [2.75, 3.05) is 18.4 Å². The molecule has 1 amide bonds. The van der Waals surface area contributed by atoms with Crippen molar-refractivity contribution in [3.63, 3.8) is 0 Å². The van der Waals surface area contributed by atoms with Crippen LogP contribution >= 0.6 is 11.3 Å². The molecule has 0 aliphatic carbocycles. The Kier molecular flexibility index (Phi) is 4.51. The van der Waals surface area contributed by atoms with E-state index in [1.54, 1.807) is 11.3 Å². The average Bonchev–Trinajstić information content (AvgIpc) is 3.38. The van der Waals surface area contributed by atoms with Crippen LogP contribution in [0.4, 0.5) is 10.8 Å². The van der Waals surface area contributed by atoms with E-state index in [4.69, 9.17) is 0 Å². The summed E-state index contributed by atoms with van der Waals surface area (Å²) >= 11 is 1.56. The first-order valence-electron chi connectivity index (χ1n) is 8.88. The van der Waals surface area contributed by atoms with Gasteiger partial charge in [-0.3, -0.25) is 4.79 Å². The lowest BCUT2D eigenvalue weighted by Gasteiger charge is -2.13. The van der Waals surface area contributed by atoms with Crippen molar-refractivity contribution in [2.45, 2.75) is 26.7 Å². The molecule has 1 aromatic carbocycles. The molecule has 1 fully saturated rings. The highest BCUT2D eigenvalue weighted by Crippen LogP contribution is 2.28. The first-order chi connectivity index (χ1) is 12.6. The van der Waals surface area contributed by atoms with E-state index in [0.29, 0.717) is 5.69 Å². The van der Waals surface area contributed by atoms with Crippen molar-refractivity contribution in [2.24, 2.45) is 0 Å². The van der Waals surface area contributed by atoms with Gasteiger partial charge in [0, 0.05) is 35.9 Å². The van der Waals surface area contributed by atoms with Crippen LogP contribution in [0.1, 0.15) is 34.5 Å². The number of rotatable bonds is 4. The summed E-state index contributed by atoms with van der Waals surface area (Å²) < 4.78 is 0. The lowest BCUT2D eigenvalue weighted by atomic mass is 10.1. The van der Waals surface area contributed by atoms with Gasteiger partial charge < -0.3 is 15.2 Å². The Balaban J connectivity index is 1.49. The molecule has 3 heterocycles. The molecule has 0 radical (unpaired) electrons. The van der Waals surface area contributed by atoms with Crippen molar-refractivity contribution in [3.05, 3.63) is 52.7 Å². The molecule has 0 bridgehead atoms. The molecule has 1 aliphatic rings. The zero-order chi connectivity index (χ0) is 18.1. The number of aryl methyl sites for hydroxylation is 2. The van der Waals surface area contributed by atoms with Gasteiger partial charge in [-0.25, -0.2) is 4.98 Å². The van der Waals surface area contributed by atoms with Gasteiger partial charge in [0.25, 0.3) is 5.91 Å². The van der Waals surface area contributed by atoms with Gasteiger partial charge >= 0.3 is 0 Å². The summed E-state index contributed by atoms with van der Waals surface area (Å²) in [4.78, 5) is 22.1. The number of nitrogens with one attached hydrogen (secondary N) is 2. The van der Waals surface area contributed by atoms with Crippen molar-refractivity contribution in [3.8, 4) is 11.3 Å². The van der Waals surface area contributed by atoms with Crippen LogP contribution in [0.3, 0.4) is 0 Å². The number of hydrogen-bond donors (Lipinski definition) is 2. The normalized spacial score (nSPS) is 14.0. The van der Waals surface area contributed by atoms with Crippen LogP contribution in [0.5, 0.6) is 0 Å². The second-order valence-corrected chi connectivity index (χ2v) is 7.62. The van der Waals surface area contributed by atoms with Crippen molar-refractivity contribution in [1.29, 1.82) is 0 Å². The number of hydrogen-bond acceptors (Lipinski definition) is 4. The van der Waals surface area contributed by atoms with E-state index in [9.17, 15) is 4.79 Å². The first-order valence-corrected chi connectivity index (χ1v) is 9.76. The standard InChI is InChI=1S/C20H22N4OS/c1-13-5-6-16(9-14(13)2)22-20-23-18(12-26-20)15-10-17(21-11-15)19(25)24-7-3-4-8-24/h5-6,9-12,21H,3-4,7-8H2,1-2H3,(H,22,23). The lowest BCUT2D eigenvalue weighted by Crippen LogP contribution is -2.27. The number of H-pyrrole nitrogens is 1. The first kappa shape index (κ1) is 16.8. The topological polar surface area (TPSA) is 61.0 Å². The van der Waals surface area contributed by atoms with E-state index in [-0.39, 0.29) is 5.91 Å². The molecule has 0 atom stereocenters. The van der Waals surface area contributed by atoms with E-state index in [2.05, 4.69) is 47.3 Å². The molecule has 4 rings (SSSR count). The van der Waals surface area contributed by atoms with Crippen LogP contribution < -0.4 is 5.32 Å². The third-order valence-electron chi connectivity index (χ3n) is 4.86. The van der Waals surface area contributed by atoms with Crippen molar-refractivity contribution >= 4 is 28.1 Å². The lowest BCUT2D eigenvalue weighted by molar-refractivity contribution is 0.0788. The summed E-state index contributed by atoms with van der Waals surface area (Å²) in [6.07, 6.45) is 4.05. The number of aromatic amines is 1. The summed E-state index contributed by atoms with van der Waals surface area (Å²) in [5, 5.41) is 6.21. The Hall–Kier alpha value is -2.60. The van der Waals surface area contributed by atoms with E-state index < -0.39 is 0 Å². The quantitative estimate of drug-likeness (QED) is 0.701. The Morgan fingerprint density at radius 2 is 2.00 bits per heavy atom. The summed E-state index contributed by atoms with van der Waals surface area (Å²) in [7, 11) is 0. The number of likely N-dealkylation sites (tertiary alicyclic amines) is 1. The Labute approximate surface area is 157 Å². The van der Waals surface area contributed by atoms with Gasteiger partial charge in [0.15, 0.2) is 5.13 Å². The van der Waals surface area contributed by atoms with Crippen LogP contribution in [0.15, 0.2) is 35.8 Å². The SMILES string of the molecule is Cc1ccc(Nc2nc(-c3c[nH]c(C(=O)N4CCCC4)c3)cs2)cc1C. The molecule has 0 spiro atoms. The van der Waals surface area contributed by atoms with E-state index in [0.717, 1.165) is 48.0 Å². The zero-order valence-corrected chi connectivity index (χ0v) is 15.8. The predicted octanol–water partition coefficient (Wildman–Crippen LogP) is 4.73. The number of carbonyl (C=O) groups excluding carboxylic acids is 1. The number of benzene rings is 1. The summed E-state index contributed by atoms with van der Waals surface area (Å²) in [5.74, 6) is 0.0810. The fourth-order valence-corrected chi connectivity index (χ4v) is 3.90. The van der Waals surface area contributed by atoms with Gasteiger partial charge in [0.05, 0.1) is 5.69 Å². The number of anilines is 2. The van der Waals surface area contributed by atoms with E-state index in [1.807, 2.05) is 22.5 Å². The molecule has 1 saturated heterocycles. The third kappa shape index (κ3) is 3.37. The van der Waals surface area contributed by atoms with Gasteiger partial charge in [-0.1, -0.05) is 6.07 Å². The summed E-state index contributed by atoms with van der Waals surface area (Å²) in [6, 6.07) is 8.19. The predicted molar refractivity (Wildman–Crippen MR) is 106 cm³/mol. The highest BCUT2D eigenvalue weighted by atomic mass is 32.1. The van der Waals surface area contributed by atoms with Crippen molar-refractivity contribution in [1.82, 2.24) is 14.9 Å². The molecule has 26 heavy (non-hydrogen) atoms. The molecule has 5 nitrogen and oxygen atoms in total. The number of carbonyl (C=O) groups is 1. The fourth-order valence-electron chi connectivity index (χ4n) is 3.16. The minimum atomic E-state index is 0.0810. The summed E-state index contributed by atoms with van der Waals surface area (Å²) in [5.41, 5.74) is 6.02. The van der Waals surface area contributed by atoms with E-state index >= 15 is 0 Å². The maximum atomic E-state index is 12.5. The zero-order valence-electron chi connectivity index (χ0n) is 15.0. The van der Waals surface area contributed by atoms with Gasteiger partial charge in [-0.15, -0.1) is 11.3 Å². The monoisotopic (exact) mass is 366 g/mol. The fraction of sp³-hybridized carbons (Fsp3) is 0.300. The third-order valence-corrected chi connectivity index (χ3v) is 5.62. The largest absolute Gasteiger partial charge is 0.357 e. The number of thiazole rings is 1. The van der Waals surface area contributed by atoms with Crippen LogP contribution in [-0.2, 0) is 0 Å². The minimum Gasteiger partial charge on any atom is -0.357 e. The molecule has 134 valence electrons. The van der Waals surface area contributed by atoms with Gasteiger partial charge in [0.2, 0.25) is 0 Å². The van der Waals surface area contributed by atoms with Gasteiger partial charge in [-0.05, 0) is 56.0 Å². The van der Waals surface area contributed by atoms with E-state index in [1.165, 1.54) is 11.1 Å². The molecule has 2 N–H and O–H groups in total. The molecular formula is C20H22N4OS.